The molecule has 0 bridgehead atoms. The fraction of sp³-hybridized carbons (Fsp3) is 0.0833. The lowest BCUT2D eigenvalue weighted by Gasteiger charge is -2.04. The zero-order chi connectivity index (χ0) is 21.1. The van der Waals surface area contributed by atoms with Crippen LogP contribution >= 0.6 is 34.5 Å². The molecule has 4 rings (SSSR count). The van der Waals surface area contributed by atoms with Crippen molar-refractivity contribution in [3.8, 4) is 0 Å². The van der Waals surface area contributed by atoms with Gasteiger partial charge in [0.25, 0.3) is 5.91 Å². The summed E-state index contributed by atoms with van der Waals surface area (Å²) in [6, 6.07) is 21.4. The van der Waals surface area contributed by atoms with Gasteiger partial charge < -0.3 is 4.57 Å². The van der Waals surface area contributed by atoms with E-state index in [9.17, 15) is 4.79 Å². The van der Waals surface area contributed by atoms with Crippen LogP contribution in [0.1, 0.15) is 21.5 Å². The number of carbonyl (C=O) groups excluding carboxylic acids is 1. The molecule has 1 heterocycles. The summed E-state index contributed by atoms with van der Waals surface area (Å²) in [6.07, 6.45) is 2.56. The smallest absolute Gasteiger partial charge is 0.279 e. The molecule has 0 saturated heterocycles. The number of fused-ring (bicyclic) bond motifs is 1. The number of carbonyl (C=O) groups is 1. The second-order valence-corrected chi connectivity index (χ2v) is 8.56. The summed E-state index contributed by atoms with van der Waals surface area (Å²) >= 11 is 14.0. The van der Waals surface area contributed by atoms with Gasteiger partial charge in [-0.2, -0.15) is 4.99 Å². The van der Waals surface area contributed by atoms with Crippen molar-refractivity contribution in [3.63, 3.8) is 0 Å². The Bertz CT molecular complexity index is 1290. The lowest BCUT2D eigenvalue weighted by Crippen LogP contribution is -2.16. The Kier molecular flexibility index (Phi) is 6.18. The van der Waals surface area contributed by atoms with Crippen LogP contribution in [0.15, 0.2) is 84.4 Å². The molecule has 0 fully saturated rings. The second-order valence-electron chi connectivity index (χ2n) is 6.77. The third kappa shape index (κ3) is 4.26. The molecule has 3 aromatic carbocycles. The molecule has 0 atom stereocenters. The largest absolute Gasteiger partial charge is 0.311 e. The number of benzene rings is 3. The van der Waals surface area contributed by atoms with Crippen LogP contribution in [0.4, 0.5) is 0 Å². The van der Waals surface area contributed by atoms with E-state index in [1.54, 1.807) is 12.1 Å². The number of allylic oxidation sites excluding steroid dienone is 1. The predicted octanol–water partition coefficient (Wildman–Crippen LogP) is 6.53. The van der Waals surface area contributed by atoms with Crippen LogP contribution in [0.2, 0.25) is 10.0 Å². The van der Waals surface area contributed by atoms with Crippen molar-refractivity contribution in [2.75, 3.05) is 0 Å². The summed E-state index contributed by atoms with van der Waals surface area (Å²) < 4.78 is 2.78. The van der Waals surface area contributed by atoms with Crippen molar-refractivity contribution in [2.24, 2.45) is 4.99 Å². The number of amides is 1. The van der Waals surface area contributed by atoms with Gasteiger partial charge in [0, 0.05) is 12.1 Å². The third-order valence-electron chi connectivity index (χ3n) is 4.69. The summed E-state index contributed by atoms with van der Waals surface area (Å²) in [5.41, 5.74) is 3.67. The normalized spacial score (nSPS) is 11.7. The van der Waals surface area contributed by atoms with Gasteiger partial charge in [-0.05, 0) is 41.8 Å². The zero-order valence-electron chi connectivity index (χ0n) is 16.0. The lowest BCUT2D eigenvalue weighted by atomic mass is 10.0. The average Bonchev–Trinajstić information content (AvgIpc) is 3.10. The molecule has 0 N–H and O–H groups in total. The van der Waals surface area contributed by atoms with E-state index in [0.717, 1.165) is 22.2 Å². The summed E-state index contributed by atoms with van der Waals surface area (Å²) in [5.74, 6) is -0.298. The average molecular weight is 453 g/mol. The van der Waals surface area contributed by atoms with Gasteiger partial charge in [0.15, 0.2) is 4.80 Å². The standard InChI is InChI=1S/C24H18Cl2N2OS/c1-2-14-28-22-20(13-12-19(25)21(22)26)30-24(28)27-23(29)18-10-8-17(9-11-18)15-16-6-4-3-5-7-16/h2-13H,1,14-15H2. The van der Waals surface area contributed by atoms with Crippen molar-refractivity contribution in [3.05, 3.63) is 111 Å². The maximum absolute atomic E-state index is 12.8. The lowest BCUT2D eigenvalue weighted by molar-refractivity contribution is 0.0998. The van der Waals surface area contributed by atoms with Crippen molar-refractivity contribution >= 4 is 50.7 Å². The molecule has 0 aliphatic rings. The van der Waals surface area contributed by atoms with E-state index in [-0.39, 0.29) is 5.91 Å². The molecular weight excluding hydrogens is 435 g/mol. The van der Waals surface area contributed by atoms with Crippen molar-refractivity contribution in [1.29, 1.82) is 0 Å². The fourth-order valence-corrected chi connectivity index (χ4v) is 4.76. The van der Waals surface area contributed by atoms with Crippen molar-refractivity contribution in [2.45, 2.75) is 13.0 Å². The summed E-state index contributed by atoms with van der Waals surface area (Å²) in [6.45, 7) is 4.27. The molecule has 6 heteroatoms. The van der Waals surface area contributed by atoms with E-state index in [2.05, 4.69) is 23.7 Å². The van der Waals surface area contributed by atoms with Crippen molar-refractivity contribution < 1.29 is 4.79 Å². The highest BCUT2D eigenvalue weighted by Crippen LogP contribution is 2.32. The SMILES string of the molecule is C=CCn1c(=NC(=O)c2ccc(Cc3ccccc3)cc2)sc2ccc(Cl)c(Cl)c21. The van der Waals surface area contributed by atoms with Crippen LogP contribution in [0.3, 0.4) is 0 Å². The molecule has 4 aromatic rings. The highest BCUT2D eigenvalue weighted by atomic mass is 35.5. The molecule has 0 saturated carbocycles. The molecule has 3 nitrogen and oxygen atoms in total. The maximum Gasteiger partial charge on any atom is 0.279 e. The van der Waals surface area contributed by atoms with Gasteiger partial charge in [-0.1, -0.05) is 83.1 Å². The molecule has 0 aliphatic heterocycles. The molecular formula is C24H18Cl2N2OS. The minimum Gasteiger partial charge on any atom is -0.311 e. The van der Waals surface area contributed by atoms with Crippen LogP contribution in [-0.4, -0.2) is 10.5 Å². The second kappa shape index (κ2) is 9.00. The number of thiazole rings is 1. The Hall–Kier alpha value is -2.66. The highest BCUT2D eigenvalue weighted by Gasteiger charge is 2.13. The van der Waals surface area contributed by atoms with E-state index < -0.39 is 0 Å². The predicted molar refractivity (Wildman–Crippen MR) is 126 cm³/mol. The topological polar surface area (TPSA) is 34.4 Å². The Morgan fingerprint density at radius 2 is 1.70 bits per heavy atom. The first-order valence-electron chi connectivity index (χ1n) is 9.37. The third-order valence-corrected chi connectivity index (χ3v) is 6.53. The van der Waals surface area contributed by atoms with Crippen molar-refractivity contribution in [1.82, 2.24) is 4.57 Å². The first-order valence-corrected chi connectivity index (χ1v) is 10.9. The van der Waals surface area contributed by atoms with E-state index in [1.807, 2.05) is 53.1 Å². The number of nitrogens with zero attached hydrogens (tertiary/aromatic N) is 2. The minimum atomic E-state index is -0.298. The van der Waals surface area contributed by atoms with Crippen LogP contribution in [0.25, 0.3) is 10.2 Å². The number of hydrogen-bond donors (Lipinski definition) is 0. The van der Waals surface area contributed by atoms with Gasteiger partial charge in [0.2, 0.25) is 0 Å². The fourth-order valence-electron chi connectivity index (χ4n) is 3.23. The van der Waals surface area contributed by atoms with E-state index in [1.165, 1.54) is 16.9 Å². The molecule has 0 unspecified atom stereocenters. The Balaban J connectivity index is 1.67. The molecule has 1 aromatic heterocycles. The Morgan fingerprint density at radius 1 is 1.00 bits per heavy atom. The molecule has 30 heavy (non-hydrogen) atoms. The van der Waals surface area contributed by atoms with Crippen LogP contribution in [0.5, 0.6) is 0 Å². The maximum atomic E-state index is 12.8. The number of aromatic nitrogens is 1. The van der Waals surface area contributed by atoms with Crippen LogP contribution in [0, 0.1) is 0 Å². The number of rotatable bonds is 5. The monoisotopic (exact) mass is 452 g/mol. The summed E-state index contributed by atoms with van der Waals surface area (Å²) in [4.78, 5) is 17.7. The van der Waals surface area contributed by atoms with E-state index >= 15 is 0 Å². The van der Waals surface area contributed by atoms with Crippen LogP contribution < -0.4 is 4.80 Å². The number of hydrogen-bond acceptors (Lipinski definition) is 2. The first-order chi connectivity index (χ1) is 14.6. The number of halogens is 2. The van der Waals surface area contributed by atoms with Gasteiger partial charge in [0.05, 0.1) is 20.3 Å². The van der Waals surface area contributed by atoms with E-state index in [0.29, 0.717) is 27.0 Å². The molecule has 0 radical (unpaired) electrons. The molecule has 0 aliphatic carbocycles. The van der Waals surface area contributed by atoms with Gasteiger partial charge >= 0.3 is 0 Å². The van der Waals surface area contributed by atoms with Gasteiger partial charge in [-0.15, -0.1) is 6.58 Å². The summed E-state index contributed by atoms with van der Waals surface area (Å²) in [7, 11) is 0. The van der Waals surface area contributed by atoms with Crippen LogP contribution in [-0.2, 0) is 13.0 Å². The Morgan fingerprint density at radius 3 is 2.40 bits per heavy atom. The van der Waals surface area contributed by atoms with Gasteiger partial charge in [-0.25, -0.2) is 0 Å². The molecule has 1 amide bonds. The zero-order valence-corrected chi connectivity index (χ0v) is 18.3. The first kappa shape index (κ1) is 20.6. The van der Waals surface area contributed by atoms with Gasteiger partial charge in [-0.3, -0.25) is 4.79 Å². The molecule has 0 spiro atoms. The van der Waals surface area contributed by atoms with Gasteiger partial charge in [0.1, 0.15) is 0 Å². The quantitative estimate of drug-likeness (QED) is 0.317. The minimum absolute atomic E-state index is 0.298. The molecule has 150 valence electrons. The van der Waals surface area contributed by atoms with E-state index in [4.69, 9.17) is 23.2 Å². The highest BCUT2D eigenvalue weighted by molar-refractivity contribution is 7.16. The summed E-state index contributed by atoms with van der Waals surface area (Å²) in [5, 5.41) is 0.915. The Labute approximate surface area is 188 Å².